The third kappa shape index (κ3) is 5.33. The van der Waals surface area contributed by atoms with Gasteiger partial charge in [0, 0.05) is 43.5 Å². The number of aromatic nitrogens is 6. The molecule has 0 radical (unpaired) electrons. The van der Waals surface area contributed by atoms with Gasteiger partial charge in [0.1, 0.15) is 29.4 Å². The van der Waals surface area contributed by atoms with E-state index in [4.69, 9.17) is 40.6 Å². The molecule has 1 fully saturated rings. The summed E-state index contributed by atoms with van der Waals surface area (Å²) in [4.78, 5) is 17.9. The number of benzene rings is 2. The molecule has 1 saturated heterocycles. The molecule has 6 rings (SSSR count). The predicted octanol–water partition coefficient (Wildman–Crippen LogP) is 5.69. The van der Waals surface area contributed by atoms with E-state index in [-0.39, 0.29) is 53.1 Å². The van der Waals surface area contributed by atoms with Crippen molar-refractivity contribution < 1.29 is 28.1 Å². The van der Waals surface area contributed by atoms with E-state index >= 15 is 4.39 Å². The molecule has 1 aliphatic heterocycles. The molecule has 230 valence electrons. The largest absolute Gasteiger partial charge is 0.497 e. The molecule has 0 N–H and O–H groups in total. The lowest BCUT2D eigenvalue weighted by atomic mass is 10.0. The lowest BCUT2D eigenvalue weighted by Crippen LogP contribution is -2.18. The van der Waals surface area contributed by atoms with Crippen molar-refractivity contribution in [3.63, 3.8) is 0 Å². The highest BCUT2D eigenvalue weighted by Crippen LogP contribution is 2.44. The van der Waals surface area contributed by atoms with Gasteiger partial charge in [0.25, 0.3) is 0 Å². The molecular formula is C31H32ClFN6O5. The lowest BCUT2D eigenvalue weighted by Gasteiger charge is -2.22. The van der Waals surface area contributed by atoms with Crippen LogP contribution in [0.25, 0.3) is 33.5 Å². The van der Waals surface area contributed by atoms with Gasteiger partial charge in [0.15, 0.2) is 17.5 Å². The molecular weight excluding hydrogens is 591 g/mol. The molecule has 44 heavy (non-hydrogen) atoms. The van der Waals surface area contributed by atoms with Crippen LogP contribution in [-0.2, 0) is 23.1 Å². The summed E-state index contributed by atoms with van der Waals surface area (Å²) in [6.07, 6.45) is 6.26. The third-order valence-corrected chi connectivity index (χ3v) is 8.14. The van der Waals surface area contributed by atoms with Gasteiger partial charge in [-0.25, -0.2) is 18.7 Å². The summed E-state index contributed by atoms with van der Waals surface area (Å²) < 4.78 is 42.6. The highest BCUT2D eigenvalue weighted by atomic mass is 35.5. The van der Waals surface area contributed by atoms with E-state index < -0.39 is 5.82 Å². The highest BCUT2D eigenvalue weighted by molar-refractivity contribution is 6.33. The average Bonchev–Trinajstić information content (AvgIpc) is 3.76. The number of ether oxygens (including phenoxy) is 4. The summed E-state index contributed by atoms with van der Waals surface area (Å²) in [6, 6.07) is 9.13. The van der Waals surface area contributed by atoms with Gasteiger partial charge < -0.3 is 23.5 Å². The standard InChI is InChI=1S/C31H32ClFN6O5/c1-37-28-21(13-23(43-4)26(32)27(28)33)25(19-14-34-38(16-19)24-7-5-6-12-44-24)29(37)30-35-31(22(40)17-41-2)39(36-30)15-18-8-10-20(42-3)11-9-18/h8-11,13-14,16,24H,5-7,12,15,17H2,1-4H3. The number of methoxy groups -OCH3 is 3. The molecule has 1 atom stereocenters. The van der Waals surface area contributed by atoms with Crippen molar-refractivity contribution >= 4 is 28.3 Å². The first-order valence-electron chi connectivity index (χ1n) is 14.1. The van der Waals surface area contributed by atoms with Gasteiger partial charge in [0.05, 0.1) is 38.2 Å². The van der Waals surface area contributed by atoms with Crippen LogP contribution >= 0.6 is 11.6 Å². The Kier molecular flexibility index (Phi) is 8.39. The Bertz CT molecular complexity index is 1820. The minimum atomic E-state index is -0.646. The Morgan fingerprint density at radius 2 is 1.95 bits per heavy atom. The number of fused-ring (bicyclic) bond motifs is 1. The zero-order chi connectivity index (χ0) is 31.0. The fraction of sp³-hybridized carbons (Fsp3) is 0.355. The number of ketones is 1. The second-order valence-electron chi connectivity index (χ2n) is 10.5. The molecule has 0 spiro atoms. The first-order valence-corrected chi connectivity index (χ1v) is 14.5. The lowest BCUT2D eigenvalue weighted by molar-refractivity contribution is -0.0394. The van der Waals surface area contributed by atoms with Crippen molar-refractivity contribution in [2.45, 2.75) is 32.0 Å². The maximum Gasteiger partial charge on any atom is 0.225 e. The molecule has 0 amide bonds. The summed E-state index contributed by atoms with van der Waals surface area (Å²) >= 11 is 6.37. The van der Waals surface area contributed by atoms with Crippen molar-refractivity contribution in [2.75, 3.05) is 34.5 Å². The minimum absolute atomic E-state index is 0.108. The zero-order valence-corrected chi connectivity index (χ0v) is 25.6. The first-order chi connectivity index (χ1) is 21.3. The summed E-state index contributed by atoms with van der Waals surface area (Å²) in [5.74, 6) is 0.232. The van der Waals surface area contributed by atoms with Crippen LogP contribution in [0, 0.1) is 5.82 Å². The summed E-state index contributed by atoms with van der Waals surface area (Å²) in [7, 11) is 6.19. The van der Waals surface area contributed by atoms with E-state index in [1.54, 1.807) is 35.7 Å². The molecule has 0 saturated carbocycles. The van der Waals surface area contributed by atoms with Crippen LogP contribution in [0.4, 0.5) is 4.39 Å². The second-order valence-corrected chi connectivity index (χ2v) is 10.9. The van der Waals surface area contributed by atoms with Gasteiger partial charge in [-0.1, -0.05) is 23.7 Å². The van der Waals surface area contributed by atoms with Gasteiger partial charge in [-0.3, -0.25) is 4.79 Å². The number of aryl methyl sites for hydroxylation is 1. The normalized spacial score (nSPS) is 15.2. The van der Waals surface area contributed by atoms with E-state index in [9.17, 15) is 4.79 Å². The Labute approximate surface area is 258 Å². The fourth-order valence-electron chi connectivity index (χ4n) is 5.64. The SMILES string of the molecule is COCC(=O)c1nc(-c2c(-c3cnn(C4CCCCO4)c3)c3cc(OC)c(Cl)c(F)c3n2C)nn1Cc1ccc(OC)cc1. The van der Waals surface area contributed by atoms with Crippen molar-refractivity contribution in [3.05, 3.63) is 65.0 Å². The van der Waals surface area contributed by atoms with Crippen LogP contribution in [-0.4, -0.2) is 69.4 Å². The fourth-order valence-corrected chi connectivity index (χ4v) is 5.86. The van der Waals surface area contributed by atoms with Crippen LogP contribution < -0.4 is 9.47 Å². The summed E-state index contributed by atoms with van der Waals surface area (Å²) in [6.45, 7) is 0.735. The van der Waals surface area contributed by atoms with Gasteiger partial charge >= 0.3 is 0 Å². The van der Waals surface area contributed by atoms with Gasteiger partial charge in [-0.2, -0.15) is 5.10 Å². The van der Waals surface area contributed by atoms with E-state index in [0.717, 1.165) is 24.8 Å². The van der Waals surface area contributed by atoms with E-state index in [1.165, 1.54) is 18.9 Å². The smallest absolute Gasteiger partial charge is 0.225 e. The quantitative estimate of drug-likeness (QED) is 0.183. The van der Waals surface area contributed by atoms with Crippen LogP contribution in [0.15, 0.2) is 42.7 Å². The van der Waals surface area contributed by atoms with Crippen LogP contribution in [0.3, 0.4) is 0 Å². The topological polar surface area (TPSA) is 107 Å². The Morgan fingerprint density at radius 1 is 1.16 bits per heavy atom. The van der Waals surface area contributed by atoms with Crippen LogP contribution in [0.5, 0.6) is 11.5 Å². The molecule has 13 heteroatoms. The number of nitrogens with zero attached hydrogens (tertiary/aromatic N) is 6. The summed E-state index contributed by atoms with van der Waals surface area (Å²) in [5, 5.41) is 9.78. The predicted molar refractivity (Wildman–Crippen MR) is 162 cm³/mol. The van der Waals surface area contributed by atoms with Crippen molar-refractivity contribution in [1.82, 2.24) is 29.1 Å². The molecule has 1 aliphatic rings. The number of carbonyl (C=O) groups is 1. The Hall–Kier alpha value is -4.26. The first kappa shape index (κ1) is 29.8. The van der Waals surface area contributed by atoms with E-state index in [0.29, 0.717) is 34.6 Å². The number of carbonyl (C=O) groups excluding carboxylic acids is 1. The van der Waals surface area contributed by atoms with Crippen LogP contribution in [0.1, 0.15) is 41.7 Å². The monoisotopic (exact) mass is 622 g/mol. The van der Waals surface area contributed by atoms with E-state index in [2.05, 4.69) is 5.10 Å². The van der Waals surface area contributed by atoms with Gasteiger partial charge in [0.2, 0.25) is 5.78 Å². The molecule has 2 aromatic carbocycles. The maximum atomic E-state index is 15.9. The molecule has 0 aliphatic carbocycles. The van der Waals surface area contributed by atoms with Crippen LogP contribution in [0.2, 0.25) is 5.02 Å². The molecule has 3 aromatic heterocycles. The molecule has 5 aromatic rings. The molecule has 11 nitrogen and oxygen atoms in total. The number of Topliss-reactive ketones (excluding diaryl/α,β-unsaturated/α-hetero) is 1. The second kappa shape index (κ2) is 12.4. The third-order valence-electron chi connectivity index (χ3n) is 7.79. The zero-order valence-electron chi connectivity index (χ0n) is 24.8. The number of hydrogen-bond donors (Lipinski definition) is 0. The number of hydrogen-bond acceptors (Lipinski definition) is 8. The number of rotatable bonds is 10. The Morgan fingerprint density at radius 3 is 2.64 bits per heavy atom. The Balaban J connectivity index is 1.55. The minimum Gasteiger partial charge on any atom is -0.497 e. The van der Waals surface area contributed by atoms with Crippen molar-refractivity contribution in [1.29, 1.82) is 0 Å². The molecule has 4 heterocycles. The summed E-state index contributed by atoms with van der Waals surface area (Å²) in [5.41, 5.74) is 2.90. The molecule has 0 bridgehead atoms. The van der Waals surface area contributed by atoms with Crippen molar-refractivity contribution in [3.8, 4) is 34.1 Å². The van der Waals surface area contributed by atoms with Gasteiger partial charge in [-0.05, 0) is 43.0 Å². The van der Waals surface area contributed by atoms with Crippen molar-refractivity contribution in [2.24, 2.45) is 7.05 Å². The number of halogens is 2. The molecule has 1 unspecified atom stereocenters. The highest BCUT2D eigenvalue weighted by Gasteiger charge is 2.29. The maximum absolute atomic E-state index is 15.9. The van der Waals surface area contributed by atoms with E-state index in [1.807, 2.05) is 30.5 Å². The van der Waals surface area contributed by atoms with Gasteiger partial charge in [-0.15, -0.1) is 5.10 Å². The average molecular weight is 623 g/mol.